The third-order valence-corrected chi connectivity index (χ3v) is 1.72. The first-order valence-corrected chi connectivity index (χ1v) is 3.78. The fourth-order valence-corrected chi connectivity index (χ4v) is 1.12. The molecule has 0 bridgehead atoms. The highest BCUT2D eigenvalue weighted by Gasteiger charge is 2.13. The Morgan fingerprint density at radius 3 is 2.69 bits per heavy atom. The normalized spacial score (nSPS) is 9.38. The Morgan fingerprint density at radius 2 is 2.23 bits per heavy atom. The van der Waals surface area contributed by atoms with Gasteiger partial charge in [0, 0.05) is 7.05 Å². The maximum atomic E-state index is 10.7. The fraction of sp³-hybridized carbons (Fsp3) is 0.222. The van der Waals surface area contributed by atoms with Gasteiger partial charge in [-0.15, -0.1) is 0 Å². The molecule has 1 aromatic carbocycles. The van der Waals surface area contributed by atoms with Crippen LogP contribution in [-0.2, 0) is 0 Å². The van der Waals surface area contributed by atoms with Gasteiger partial charge in [-0.2, -0.15) is 0 Å². The third kappa shape index (κ3) is 1.72. The molecule has 0 aliphatic heterocycles. The second kappa shape index (κ2) is 3.80. The number of carbonyl (C=O) groups is 1. The Hall–Kier alpha value is -1.71. The third-order valence-electron chi connectivity index (χ3n) is 1.72. The van der Waals surface area contributed by atoms with Crippen LogP contribution in [0.2, 0.25) is 0 Å². The number of carboxylic acid groups (broad SMARTS) is 1. The number of nitrogens with one attached hydrogen (secondary N) is 1. The lowest BCUT2D eigenvalue weighted by Crippen LogP contribution is -2.03. The maximum absolute atomic E-state index is 10.7. The van der Waals surface area contributed by atoms with Crippen molar-refractivity contribution in [2.45, 2.75) is 0 Å². The van der Waals surface area contributed by atoms with Crippen molar-refractivity contribution in [2.24, 2.45) is 0 Å². The quantitative estimate of drug-likeness (QED) is 0.740. The molecule has 0 aliphatic carbocycles. The van der Waals surface area contributed by atoms with Gasteiger partial charge in [0.25, 0.3) is 0 Å². The molecule has 0 aromatic heterocycles. The molecular weight excluding hydrogens is 170 g/mol. The van der Waals surface area contributed by atoms with E-state index in [-0.39, 0.29) is 5.56 Å². The second-order valence-corrected chi connectivity index (χ2v) is 2.44. The molecule has 0 aliphatic rings. The summed E-state index contributed by atoms with van der Waals surface area (Å²) < 4.78 is 4.99. The van der Waals surface area contributed by atoms with E-state index in [2.05, 4.69) is 5.32 Å². The largest absolute Gasteiger partial charge is 0.494 e. The number of aromatic carboxylic acids is 1. The lowest BCUT2D eigenvalue weighted by Gasteiger charge is -2.09. The van der Waals surface area contributed by atoms with Gasteiger partial charge in [0.1, 0.15) is 5.56 Å². The van der Waals surface area contributed by atoms with Crippen molar-refractivity contribution in [1.29, 1.82) is 0 Å². The van der Waals surface area contributed by atoms with E-state index in [1.165, 1.54) is 13.2 Å². The summed E-state index contributed by atoms with van der Waals surface area (Å²) in [6, 6.07) is 4.92. The zero-order chi connectivity index (χ0) is 9.84. The molecule has 1 rings (SSSR count). The summed E-state index contributed by atoms with van der Waals surface area (Å²) >= 11 is 0. The average Bonchev–Trinajstić information content (AvgIpc) is 2.16. The zero-order valence-electron chi connectivity index (χ0n) is 7.50. The molecular formula is C9H11NO3. The summed E-state index contributed by atoms with van der Waals surface area (Å²) in [6.07, 6.45) is 0. The molecule has 2 N–H and O–H groups in total. The van der Waals surface area contributed by atoms with Crippen LogP contribution in [0.1, 0.15) is 10.4 Å². The number of methoxy groups -OCH3 is 1. The predicted octanol–water partition coefficient (Wildman–Crippen LogP) is 1.44. The molecule has 13 heavy (non-hydrogen) atoms. The van der Waals surface area contributed by atoms with Crippen molar-refractivity contribution >= 4 is 11.7 Å². The highest BCUT2D eigenvalue weighted by molar-refractivity contribution is 5.93. The molecule has 0 unspecified atom stereocenters. The number of hydrogen-bond donors (Lipinski definition) is 2. The molecule has 0 radical (unpaired) electrons. The van der Waals surface area contributed by atoms with Crippen molar-refractivity contribution in [3.05, 3.63) is 23.8 Å². The monoisotopic (exact) mass is 181 g/mol. The number of rotatable bonds is 3. The Balaban J connectivity index is 3.27. The summed E-state index contributed by atoms with van der Waals surface area (Å²) in [5.74, 6) is -0.633. The van der Waals surface area contributed by atoms with Gasteiger partial charge in [0.15, 0.2) is 5.75 Å². The Kier molecular flexibility index (Phi) is 2.74. The fourth-order valence-electron chi connectivity index (χ4n) is 1.12. The molecule has 0 spiro atoms. The Morgan fingerprint density at radius 1 is 1.54 bits per heavy atom. The van der Waals surface area contributed by atoms with E-state index in [1.54, 1.807) is 19.2 Å². The summed E-state index contributed by atoms with van der Waals surface area (Å²) in [7, 11) is 3.16. The van der Waals surface area contributed by atoms with Crippen molar-refractivity contribution in [1.82, 2.24) is 0 Å². The van der Waals surface area contributed by atoms with E-state index in [0.717, 1.165) is 0 Å². The SMILES string of the molecule is CNc1cccc(C(=O)O)c1OC. The van der Waals surface area contributed by atoms with Crippen LogP contribution in [-0.4, -0.2) is 25.2 Å². The minimum absolute atomic E-state index is 0.161. The average molecular weight is 181 g/mol. The minimum Gasteiger partial charge on any atom is -0.494 e. The van der Waals surface area contributed by atoms with Crippen LogP contribution in [0.4, 0.5) is 5.69 Å². The van der Waals surface area contributed by atoms with Crippen LogP contribution < -0.4 is 10.1 Å². The molecule has 0 heterocycles. The van der Waals surface area contributed by atoms with Crippen molar-refractivity contribution in [2.75, 3.05) is 19.5 Å². The number of ether oxygens (including phenoxy) is 1. The van der Waals surface area contributed by atoms with Crippen LogP contribution in [0, 0.1) is 0 Å². The van der Waals surface area contributed by atoms with Crippen molar-refractivity contribution < 1.29 is 14.6 Å². The van der Waals surface area contributed by atoms with Gasteiger partial charge in [0.05, 0.1) is 12.8 Å². The van der Waals surface area contributed by atoms with Crippen LogP contribution in [0.25, 0.3) is 0 Å². The molecule has 0 fully saturated rings. The van der Waals surface area contributed by atoms with Gasteiger partial charge in [-0.1, -0.05) is 6.07 Å². The Bertz CT molecular complexity index is 323. The number of anilines is 1. The highest BCUT2D eigenvalue weighted by Crippen LogP contribution is 2.27. The standard InChI is InChI=1S/C9H11NO3/c1-10-7-5-3-4-6(9(11)12)8(7)13-2/h3-5,10H,1-2H3,(H,11,12). The Labute approximate surface area is 76.1 Å². The summed E-state index contributed by atoms with van der Waals surface area (Å²) in [4.78, 5) is 10.7. The predicted molar refractivity (Wildman–Crippen MR) is 49.5 cm³/mol. The summed E-state index contributed by atoms with van der Waals surface area (Å²) in [5.41, 5.74) is 0.830. The van der Waals surface area contributed by atoms with Crippen LogP contribution in [0.15, 0.2) is 18.2 Å². The molecule has 70 valence electrons. The van der Waals surface area contributed by atoms with Crippen LogP contribution >= 0.6 is 0 Å². The van der Waals surface area contributed by atoms with Gasteiger partial charge < -0.3 is 15.2 Å². The number of para-hydroxylation sites is 1. The molecule has 0 amide bonds. The molecule has 0 atom stereocenters. The van der Waals surface area contributed by atoms with Crippen LogP contribution in [0.5, 0.6) is 5.75 Å². The molecule has 4 heteroatoms. The lowest BCUT2D eigenvalue weighted by molar-refractivity contribution is 0.0693. The van der Waals surface area contributed by atoms with Gasteiger partial charge >= 0.3 is 5.97 Å². The number of hydrogen-bond acceptors (Lipinski definition) is 3. The van der Waals surface area contributed by atoms with E-state index < -0.39 is 5.97 Å². The van der Waals surface area contributed by atoms with Crippen molar-refractivity contribution in [3.63, 3.8) is 0 Å². The zero-order valence-corrected chi connectivity index (χ0v) is 7.50. The first-order valence-electron chi connectivity index (χ1n) is 3.78. The summed E-state index contributed by atoms with van der Waals surface area (Å²) in [5, 5.41) is 11.7. The molecule has 4 nitrogen and oxygen atoms in total. The van der Waals surface area contributed by atoms with Crippen molar-refractivity contribution in [3.8, 4) is 5.75 Å². The first-order chi connectivity index (χ1) is 6.20. The van der Waals surface area contributed by atoms with E-state index in [4.69, 9.17) is 9.84 Å². The van der Waals surface area contributed by atoms with Gasteiger partial charge in [-0.3, -0.25) is 0 Å². The highest BCUT2D eigenvalue weighted by atomic mass is 16.5. The topological polar surface area (TPSA) is 58.6 Å². The van der Waals surface area contributed by atoms with E-state index in [0.29, 0.717) is 11.4 Å². The van der Waals surface area contributed by atoms with Gasteiger partial charge in [-0.25, -0.2) is 4.79 Å². The van der Waals surface area contributed by atoms with Gasteiger partial charge in [0.2, 0.25) is 0 Å². The molecule has 0 saturated heterocycles. The van der Waals surface area contributed by atoms with E-state index in [9.17, 15) is 4.79 Å². The van der Waals surface area contributed by atoms with Gasteiger partial charge in [-0.05, 0) is 12.1 Å². The first kappa shape index (κ1) is 9.38. The summed E-state index contributed by atoms with van der Waals surface area (Å²) in [6.45, 7) is 0. The lowest BCUT2D eigenvalue weighted by atomic mass is 10.1. The smallest absolute Gasteiger partial charge is 0.339 e. The number of carboxylic acids is 1. The van der Waals surface area contributed by atoms with Crippen LogP contribution in [0.3, 0.4) is 0 Å². The van der Waals surface area contributed by atoms with E-state index in [1.807, 2.05) is 0 Å². The molecule has 1 aromatic rings. The van der Waals surface area contributed by atoms with E-state index >= 15 is 0 Å². The molecule has 0 saturated carbocycles. The minimum atomic E-state index is -0.992. The maximum Gasteiger partial charge on any atom is 0.339 e. The number of benzene rings is 1. The second-order valence-electron chi connectivity index (χ2n) is 2.44.